The van der Waals surface area contributed by atoms with Crippen molar-refractivity contribution in [1.29, 1.82) is 0 Å². The Hall–Kier alpha value is -2.32. The molecular weight excluding hydrogens is 437 g/mol. The summed E-state index contributed by atoms with van der Waals surface area (Å²) in [6.07, 6.45) is 0.754. The largest absolute Gasteiger partial charge is 0.385 e. The van der Waals surface area contributed by atoms with Crippen LogP contribution in [0.25, 0.3) is 0 Å². The molecule has 1 aromatic heterocycles. The van der Waals surface area contributed by atoms with Crippen molar-refractivity contribution in [2.45, 2.75) is 26.1 Å². The van der Waals surface area contributed by atoms with Gasteiger partial charge < -0.3 is 10.1 Å². The van der Waals surface area contributed by atoms with E-state index in [1.807, 2.05) is 24.3 Å². The zero-order valence-corrected chi connectivity index (χ0v) is 18.9. The summed E-state index contributed by atoms with van der Waals surface area (Å²) in [6.45, 7) is 2.97. The van der Waals surface area contributed by atoms with Crippen molar-refractivity contribution in [2.24, 2.45) is 0 Å². The van der Waals surface area contributed by atoms with Crippen LogP contribution in [0.3, 0.4) is 0 Å². The molecule has 1 N–H and O–H groups in total. The summed E-state index contributed by atoms with van der Waals surface area (Å²) in [5, 5.41) is 6.15. The average Bonchev–Trinajstić information content (AvgIpc) is 3.21. The second kappa shape index (κ2) is 11.9. The predicted molar refractivity (Wildman–Crippen MR) is 122 cm³/mol. The molecular formula is C23H25ClFN3O2S. The summed E-state index contributed by atoms with van der Waals surface area (Å²) < 4.78 is 18.3. The van der Waals surface area contributed by atoms with E-state index in [1.165, 1.54) is 23.5 Å². The first-order valence-corrected chi connectivity index (χ1v) is 11.2. The minimum absolute atomic E-state index is 0.182. The van der Waals surface area contributed by atoms with Gasteiger partial charge in [-0.15, -0.1) is 11.3 Å². The number of benzene rings is 2. The first-order chi connectivity index (χ1) is 15.0. The molecule has 31 heavy (non-hydrogen) atoms. The maximum Gasteiger partial charge on any atom is 0.270 e. The molecule has 0 fully saturated rings. The summed E-state index contributed by atoms with van der Waals surface area (Å²) in [5.74, 6) is -0.440. The van der Waals surface area contributed by atoms with E-state index in [1.54, 1.807) is 24.6 Å². The molecule has 0 unspecified atom stereocenters. The van der Waals surface area contributed by atoms with Gasteiger partial charge in [-0.25, -0.2) is 9.37 Å². The van der Waals surface area contributed by atoms with Gasteiger partial charge in [0.2, 0.25) is 0 Å². The number of rotatable bonds is 11. The van der Waals surface area contributed by atoms with E-state index in [-0.39, 0.29) is 11.7 Å². The Labute approximate surface area is 190 Å². The normalized spacial score (nSPS) is 11.1. The number of carbonyl (C=O) groups is 1. The molecule has 1 amide bonds. The van der Waals surface area contributed by atoms with Crippen molar-refractivity contribution < 1.29 is 13.9 Å². The molecule has 5 nitrogen and oxygen atoms in total. The lowest BCUT2D eigenvalue weighted by Crippen LogP contribution is -2.26. The van der Waals surface area contributed by atoms with Crippen LogP contribution in [0, 0.1) is 5.82 Å². The molecule has 2 aromatic carbocycles. The molecule has 0 bridgehead atoms. The Morgan fingerprint density at radius 3 is 2.68 bits per heavy atom. The smallest absolute Gasteiger partial charge is 0.270 e. The number of hydrogen-bond donors (Lipinski definition) is 1. The Balaban J connectivity index is 1.68. The number of nitrogens with one attached hydrogen (secondary N) is 1. The lowest BCUT2D eigenvalue weighted by atomic mass is 10.1. The van der Waals surface area contributed by atoms with Crippen LogP contribution in [0.15, 0.2) is 53.9 Å². The lowest BCUT2D eigenvalue weighted by molar-refractivity contribution is 0.0944. The number of ether oxygens (including phenoxy) is 1. The standard InChI is InChI=1S/C23H25ClFN3O2S/c1-30-11-3-10-26-23(29)21-16-31-22(27-21)15-28(13-17-6-8-20(25)9-7-17)14-18-4-2-5-19(24)12-18/h2,4-9,12,16H,3,10-11,13-15H2,1H3,(H,26,29). The van der Waals surface area contributed by atoms with Crippen LogP contribution in [0.2, 0.25) is 5.02 Å². The SMILES string of the molecule is COCCCNC(=O)c1csc(CN(Cc2ccc(F)cc2)Cc2cccc(Cl)c2)n1. The lowest BCUT2D eigenvalue weighted by Gasteiger charge is -2.21. The second-order valence-electron chi connectivity index (χ2n) is 7.13. The second-order valence-corrected chi connectivity index (χ2v) is 8.51. The fourth-order valence-electron chi connectivity index (χ4n) is 3.10. The van der Waals surface area contributed by atoms with Crippen LogP contribution in [0.5, 0.6) is 0 Å². The van der Waals surface area contributed by atoms with Gasteiger partial charge in [0, 0.05) is 43.8 Å². The van der Waals surface area contributed by atoms with Gasteiger partial charge >= 0.3 is 0 Å². The molecule has 8 heteroatoms. The average molecular weight is 462 g/mol. The summed E-state index contributed by atoms with van der Waals surface area (Å²) >= 11 is 7.60. The summed E-state index contributed by atoms with van der Waals surface area (Å²) in [7, 11) is 1.63. The minimum atomic E-state index is -0.258. The van der Waals surface area contributed by atoms with Crippen LogP contribution in [0.1, 0.15) is 33.0 Å². The van der Waals surface area contributed by atoms with Gasteiger partial charge in [0.15, 0.2) is 0 Å². The van der Waals surface area contributed by atoms with E-state index < -0.39 is 0 Å². The summed E-state index contributed by atoms with van der Waals surface area (Å²) in [6, 6.07) is 14.2. The van der Waals surface area contributed by atoms with Crippen molar-refractivity contribution in [2.75, 3.05) is 20.3 Å². The fourth-order valence-corrected chi connectivity index (χ4v) is 4.13. The Kier molecular flexibility index (Phi) is 8.97. The Morgan fingerprint density at radius 2 is 1.94 bits per heavy atom. The van der Waals surface area contributed by atoms with E-state index in [0.717, 1.165) is 22.6 Å². The van der Waals surface area contributed by atoms with E-state index in [9.17, 15) is 9.18 Å². The van der Waals surface area contributed by atoms with Gasteiger partial charge in [-0.1, -0.05) is 35.9 Å². The Morgan fingerprint density at radius 1 is 1.16 bits per heavy atom. The number of halogens is 2. The topological polar surface area (TPSA) is 54.5 Å². The third-order valence-corrected chi connectivity index (χ3v) is 5.64. The highest BCUT2D eigenvalue weighted by Gasteiger charge is 2.14. The first kappa shape index (κ1) is 23.3. The van der Waals surface area contributed by atoms with Crippen LogP contribution in [0.4, 0.5) is 4.39 Å². The summed E-state index contributed by atoms with van der Waals surface area (Å²) in [5.41, 5.74) is 2.49. The number of hydrogen-bond acceptors (Lipinski definition) is 5. The van der Waals surface area contributed by atoms with Gasteiger partial charge in [0.05, 0.1) is 6.54 Å². The van der Waals surface area contributed by atoms with Gasteiger partial charge in [-0.3, -0.25) is 9.69 Å². The van der Waals surface area contributed by atoms with Crippen LogP contribution in [-0.4, -0.2) is 36.1 Å². The monoisotopic (exact) mass is 461 g/mol. The zero-order chi connectivity index (χ0) is 22.1. The summed E-state index contributed by atoms with van der Waals surface area (Å²) in [4.78, 5) is 19.0. The third kappa shape index (κ3) is 7.70. The van der Waals surface area contributed by atoms with Crippen LogP contribution >= 0.6 is 22.9 Å². The van der Waals surface area contributed by atoms with Crippen molar-refractivity contribution in [3.8, 4) is 0 Å². The van der Waals surface area contributed by atoms with Crippen molar-refractivity contribution >= 4 is 28.8 Å². The molecule has 0 aliphatic carbocycles. The number of amides is 1. The quantitative estimate of drug-likeness (QED) is 0.412. The van der Waals surface area contributed by atoms with Crippen molar-refractivity contribution in [1.82, 2.24) is 15.2 Å². The molecule has 0 radical (unpaired) electrons. The number of nitrogens with zero attached hydrogens (tertiary/aromatic N) is 2. The molecule has 0 saturated carbocycles. The molecule has 164 valence electrons. The van der Waals surface area contributed by atoms with E-state index in [2.05, 4.69) is 15.2 Å². The molecule has 1 heterocycles. The maximum atomic E-state index is 13.3. The highest BCUT2D eigenvalue weighted by molar-refractivity contribution is 7.09. The van der Waals surface area contributed by atoms with Gasteiger partial charge in [-0.2, -0.15) is 0 Å². The predicted octanol–water partition coefficient (Wildman–Crippen LogP) is 4.90. The first-order valence-electron chi connectivity index (χ1n) is 9.96. The molecule has 3 aromatic rings. The van der Waals surface area contributed by atoms with Gasteiger partial charge in [-0.05, 0) is 41.8 Å². The van der Waals surface area contributed by atoms with E-state index in [4.69, 9.17) is 16.3 Å². The van der Waals surface area contributed by atoms with Gasteiger partial charge in [0.1, 0.15) is 16.5 Å². The molecule has 0 atom stereocenters. The highest BCUT2D eigenvalue weighted by Crippen LogP contribution is 2.19. The Bertz CT molecular complexity index is 981. The molecule has 3 rings (SSSR count). The minimum Gasteiger partial charge on any atom is -0.385 e. The fraction of sp³-hybridized carbons (Fsp3) is 0.304. The van der Waals surface area contributed by atoms with Crippen molar-refractivity contribution in [3.63, 3.8) is 0 Å². The number of methoxy groups -OCH3 is 1. The van der Waals surface area contributed by atoms with E-state index in [0.29, 0.717) is 43.5 Å². The zero-order valence-electron chi connectivity index (χ0n) is 17.3. The van der Waals surface area contributed by atoms with Crippen LogP contribution in [-0.2, 0) is 24.4 Å². The molecule has 0 saturated heterocycles. The van der Waals surface area contributed by atoms with E-state index >= 15 is 0 Å². The van der Waals surface area contributed by atoms with Crippen LogP contribution < -0.4 is 5.32 Å². The number of aromatic nitrogens is 1. The molecule has 0 spiro atoms. The highest BCUT2D eigenvalue weighted by atomic mass is 35.5. The molecule has 0 aliphatic rings. The van der Waals surface area contributed by atoms with Crippen molar-refractivity contribution in [3.05, 3.63) is 86.6 Å². The maximum absolute atomic E-state index is 13.3. The third-order valence-electron chi connectivity index (χ3n) is 4.57. The van der Waals surface area contributed by atoms with Gasteiger partial charge in [0.25, 0.3) is 5.91 Å². The number of thiazole rings is 1. The number of carbonyl (C=O) groups excluding carboxylic acids is 1. The molecule has 0 aliphatic heterocycles.